The molecule has 1 saturated carbocycles. The molecule has 2 N–H and O–H groups in total. The second-order valence-electron chi connectivity index (χ2n) is 4.60. The highest BCUT2D eigenvalue weighted by Crippen LogP contribution is 2.27. The number of rotatable bonds is 6. The molecular formula is C13H16BrFN2O. The highest BCUT2D eigenvalue weighted by molar-refractivity contribution is 9.10. The Morgan fingerprint density at radius 2 is 2.22 bits per heavy atom. The number of nitrogens with one attached hydrogen (secondary N) is 2. The Morgan fingerprint density at radius 1 is 1.44 bits per heavy atom. The number of benzene rings is 1. The van der Waals surface area contributed by atoms with Gasteiger partial charge in [0.15, 0.2) is 0 Å². The van der Waals surface area contributed by atoms with Gasteiger partial charge in [-0.25, -0.2) is 4.39 Å². The van der Waals surface area contributed by atoms with Crippen LogP contribution in [0, 0.1) is 11.7 Å². The van der Waals surface area contributed by atoms with Gasteiger partial charge < -0.3 is 10.6 Å². The first-order valence-electron chi connectivity index (χ1n) is 6.06. The van der Waals surface area contributed by atoms with Crippen molar-refractivity contribution in [3.8, 4) is 0 Å². The molecule has 0 aliphatic heterocycles. The highest BCUT2D eigenvalue weighted by atomic mass is 79.9. The Morgan fingerprint density at radius 3 is 2.89 bits per heavy atom. The van der Waals surface area contributed by atoms with Crippen molar-refractivity contribution in [2.75, 3.05) is 13.1 Å². The summed E-state index contributed by atoms with van der Waals surface area (Å²) in [6.45, 7) is 1.60. The van der Waals surface area contributed by atoms with Crippen LogP contribution in [-0.2, 0) is 11.3 Å². The van der Waals surface area contributed by atoms with E-state index in [9.17, 15) is 9.18 Å². The van der Waals surface area contributed by atoms with Gasteiger partial charge in [0.25, 0.3) is 0 Å². The third-order valence-electron chi connectivity index (χ3n) is 2.89. The third kappa shape index (κ3) is 4.38. The number of hydrogen-bond donors (Lipinski definition) is 2. The van der Waals surface area contributed by atoms with Crippen molar-refractivity contribution in [2.45, 2.75) is 19.4 Å². The largest absolute Gasteiger partial charge is 0.351 e. The van der Waals surface area contributed by atoms with Crippen molar-refractivity contribution in [1.82, 2.24) is 10.6 Å². The van der Waals surface area contributed by atoms with Crippen LogP contribution in [0.2, 0.25) is 0 Å². The van der Waals surface area contributed by atoms with Gasteiger partial charge in [-0.2, -0.15) is 0 Å². The zero-order valence-electron chi connectivity index (χ0n) is 10.0. The Balaban J connectivity index is 1.68. The Kier molecular flexibility index (Phi) is 4.72. The third-order valence-corrected chi connectivity index (χ3v) is 3.53. The van der Waals surface area contributed by atoms with E-state index < -0.39 is 0 Å². The van der Waals surface area contributed by atoms with Gasteiger partial charge in [-0.1, -0.05) is 6.07 Å². The van der Waals surface area contributed by atoms with Gasteiger partial charge in [0.05, 0.1) is 11.0 Å². The minimum atomic E-state index is -0.311. The molecule has 1 aliphatic rings. The van der Waals surface area contributed by atoms with Gasteiger partial charge in [0, 0.05) is 6.54 Å². The zero-order chi connectivity index (χ0) is 13.0. The number of carbonyl (C=O) groups is 1. The molecule has 0 heterocycles. The van der Waals surface area contributed by atoms with E-state index in [1.807, 2.05) is 0 Å². The molecule has 1 amide bonds. The molecule has 0 radical (unpaired) electrons. The van der Waals surface area contributed by atoms with Crippen LogP contribution in [0.15, 0.2) is 22.7 Å². The quantitative estimate of drug-likeness (QED) is 0.845. The lowest BCUT2D eigenvalue weighted by Crippen LogP contribution is -2.34. The molecule has 98 valence electrons. The van der Waals surface area contributed by atoms with Gasteiger partial charge in [0.1, 0.15) is 5.82 Å². The minimum Gasteiger partial charge on any atom is -0.351 e. The summed E-state index contributed by atoms with van der Waals surface area (Å²) in [7, 11) is 0. The molecule has 0 saturated heterocycles. The van der Waals surface area contributed by atoms with Gasteiger partial charge >= 0.3 is 0 Å². The van der Waals surface area contributed by atoms with Crippen molar-refractivity contribution in [3.63, 3.8) is 0 Å². The molecular weight excluding hydrogens is 299 g/mol. The van der Waals surface area contributed by atoms with Crippen molar-refractivity contribution in [3.05, 3.63) is 34.1 Å². The molecule has 0 spiro atoms. The Bertz CT molecular complexity index is 435. The summed E-state index contributed by atoms with van der Waals surface area (Å²) in [5.41, 5.74) is 0.756. The standard InChI is InChI=1S/C13H16BrFN2O/c14-11-4-3-10(5-12(11)15)7-17-13(18)8-16-6-9-1-2-9/h3-5,9,16H,1-2,6-8H2,(H,17,18). The maximum atomic E-state index is 13.2. The molecule has 0 atom stereocenters. The second kappa shape index (κ2) is 6.29. The summed E-state index contributed by atoms with van der Waals surface area (Å²) in [6, 6.07) is 4.84. The van der Waals surface area contributed by atoms with Gasteiger partial charge in [-0.3, -0.25) is 4.79 Å². The number of amides is 1. The number of hydrogen-bond acceptors (Lipinski definition) is 2. The monoisotopic (exact) mass is 314 g/mol. The van der Waals surface area contributed by atoms with E-state index in [2.05, 4.69) is 26.6 Å². The zero-order valence-corrected chi connectivity index (χ0v) is 11.6. The molecule has 0 bridgehead atoms. The van der Waals surface area contributed by atoms with Crippen LogP contribution in [0.3, 0.4) is 0 Å². The van der Waals surface area contributed by atoms with E-state index in [0.717, 1.165) is 18.0 Å². The van der Waals surface area contributed by atoms with E-state index in [1.54, 1.807) is 12.1 Å². The highest BCUT2D eigenvalue weighted by Gasteiger charge is 2.20. The van der Waals surface area contributed by atoms with E-state index in [0.29, 0.717) is 17.6 Å². The molecule has 2 rings (SSSR count). The molecule has 1 aliphatic carbocycles. The summed E-state index contributed by atoms with van der Waals surface area (Å²) in [4.78, 5) is 11.5. The van der Waals surface area contributed by atoms with Crippen LogP contribution in [0.4, 0.5) is 4.39 Å². The second-order valence-corrected chi connectivity index (χ2v) is 5.45. The summed E-state index contributed by atoms with van der Waals surface area (Å²) in [5.74, 6) is 0.394. The van der Waals surface area contributed by atoms with Crippen molar-refractivity contribution in [2.24, 2.45) is 5.92 Å². The summed E-state index contributed by atoms with van der Waals surface area (Å²) < 4.78 is 13.7. The van der Waals surface area contributed by atoms with Crippen LogP contribution in [0.25, 0.3) is 0 Å². The van der Waals surface area contributed by atoms with Gasteiger partial charge in [0.2, 0.25) is 5.91 Å². The lowest BCUT2D eigenvalue weighted by Gasteiger charge is -2.07. The average molecular weight is 315 g/mol. The fourth-order valence-corrected chi connectivity index (χ4v) is 1.87. The maximum absolute atomic E-state index is 13.2. The van der Waals surface area contributed by atoms with Crippen LogP contribution in [0.1, 0.15) is 18.4 Å². The van der Waals surface area contributed by atoms with Gasteiger partial charge in [-0.05, 0) is 58.9 Å². The van der Waals surface area contributed by atoms with Crippen LogP contribution in [0.5, 0.6) is 0 Å². The molecule has 1 fully saturated rings. The molecule has 5 heteroatoms. The smallest absolute Gasteiger partial charge is 0.234 e. The Hall–Kier alpha value is -0.940. The van der Waals surface area contributed by atoms with Crippen LogP contribution in [-0.4, -0.2) is 19.0 Å². The summed E-state index contributed by atoms with van der Waals surface area (Å²) >= 11 is 3.09. The first kappa shape index (κ1) is 13.5. The first-order valence-corrected chi connectivity index (χ1v) is 6.86. The van der Waals surface area contributed by atoms with E-state index >= 15 is 0 Å². The lowest BCUT2D eigenvalue weighted by atomic mass is 10.2. The van der Waals surface area contributed by atoms with Gasteiger partial charge in [-0.15, -0.1) is 0 Å². The molecule has 1 aromatic rings. The Labute approximate surface area is 114 Å². The molecule has 0 aromatic heterocycles. The van der Waals surface area contributed by atoms with Crippen molar-refractivity contribution < 1.29 is 9.18 Å². The van der Waals surface area contributed by atoms with E-state index in [-0.39, 0.29) is 11.7 Å². The topological polar surface area (TPSA) is 41.1 Å². The SMILES string of the molecule is O=C(CNCC1CC1)NCc1ccc(Br)c(F)c1. The minimum absolute atomic E-state index is 0.0565. The lowest BCUT2D eigenvalue weighted by molar-refractivity contribution is -0.120. The maximum Gasteiger partial charge on any atom is 0.234 e. The normalized spacial score (nSPS) is 14.6. The predicted molar refractivity (Wildman–Crippen MR) is 71.5 cm³/mol. The molecule has 18 heavy (non-hydrogen) atoms. The number of halogens is 2. The number of carbonyl (C=O) groups excluding carboxylic acids is 1. The molecule has 3 nitrogen and oxygen atoms in total. The summed E-state index contributed by atoms with van der Waals surface area (Å²) in [6.07, 6.45) is 2.54. The van der Waals surface area contributed by atoms with Crippen LogP contribution >= 0.6 is 15.9 Å². The predicted octanol–water partition coefficient (Wildman–Crippen LogP) is 2.20. The van der Waals surface area contributed by atoms with E-state index in [4.69, 9.17) is 0 Å². The van der Waals surface area contributed by atoms with Crippen molar-refractivity contribution in [1.29, 1.82) is 0 Å². The average Bonchev–Trinajstić information content (AvgIpc) is 3.15. The fraction of sp³-hybridized carbons (Fsp3) is 0.462. The molecule has 0 unspecified atom stereocenters. The van der Waals surface area contributed by atoms with Crippen LogP contribution < -0.4 is 10.6 Å². The van der Waals surface area contributed by atoms with E-state index in [1.165, 1.54) is 18.9 Å². The fourth-order valence-electron chi connectivity index (χ4n) is 1.62. The first-order chi connectivity index (χ1) is 8.65. The van der Waals surface area contributed by atoms with Crippen molar-refractivity contribution >= 4 is 21.8 Å². The molecule has 1 aromatic carbocycles. The summed E-state index contributed by atoms with van der Waals surface area (Å²) in [5, 5.41) is 5.87.